The lowest BCUT2D eigenvalue weighted by Gasteiger charge is -2.05. The number of nitrogens with one attached hydrogen (secondary N) is 2. The number of rotatable bonds is 8. The van der Waals surface area contributed by atoms with Crippen LogP contribution in [-0.4, -0.2) is 50.5 Å². The minimum Gasteiger partial charge on any atom is -0.321 e. The number of carbonyl (C=O) groups is 2. The first-order valence-corrected chi connectivity index (χ1v) is 16.3. The molecule has 0 spiro atoms. The molecule has 0 saturated carbocycles. The predicted molar refractivity (Wildman–Crippen MR) is 194 cm³/mol. The Hall–Kier alpha value is -6.67. The van der Waals surface area contributed by atoms with Gasteiger partial charge in [-0.3, -0.25) is 9.59 Å². The van der Waals surface area contributed by atoms with Crippen LogP contribution in [0.25, 0.3) is 33.4 Å². The van der Waals surface area contributed by atoms with Crippen molar-refractivity contribution < 1.29 is 18.4 Å². The molecular formula is C37H29ClF2N10O2. The Balaban J connectivity index is 0.000000162. The van der Waals surface area contributed by atoms with Gasteiger partial charge in [-0.15, -0.1) is 0 Å². The van der Waals surface area contributed by atoms with Crippen LogP contribution in [-0.2, 0) is 22.7 Å². The minimum atomic E-state index is -0.701. The van der Waals surface area contributed by atoms with Gasteiger partial charge < -0.3 is 19.8 Å². The van der Waals surface area contributed by atoms with E-state index in [9.17, 15) is 18.4 Å². The van der Waals surface area contributed by atoms with Gasteiger partial charge in [0.15, 0.2) is 11.6 Å². The zero-order chi connectivity index (χ0) is 36.2. The normalized spacial score (nSPS) is 11.0. The highest BCUT2D eigenvalue weighted by molar-refractivity contribution is 6.31. The van der Waals surface area contributed by atoms with Crippen molar-refractivity contribution in [3.8, 4) is 11.4 Å². The first-order chi connectivity index (χ1) is 25.2. The first kappa shape index (κ1) is 33.8. The van der Waals surface area contributed by atoms with Gasteiger partial charge in [0.1, 0.15) is 24.7 Å². The number of amides is 2. The lowest BCUT2D eigenvalue weighted by Crippen LogP contribution is -2.18. The summed E-state index contributed by atoms with van der Waals surface area (Å²) >= 11 is 6.16. The molecule has 0 fully saturated rings. The number of anilines is 2. The van der Waals surface area contributed by atoms with E-state index in [1.54, 1.807) is 44.8 Å². The van der Waals surface area contributed by atoms with Crippen molar-refractivity contribution in [3.05, 3.63) is 144 Å². The van der Waals surface area contributed by atoms with Crippen molar-refractivity contribution in [2.24, 2.45) is 0 Å². The van der Waals surface area contributed by atoms with E-state index < -0.39 is 11.6 Å². The zero-order valence-electron chi connectivity index (χ0n) is 27.5. The van der Waals surface area contributed by atoms with E-state index in [0.29, 0.717) is 10.8 Å². The minimum absolute atomic E-state index is 0.0714. The van der Waals surface area contributed by atoms with Crippen molar-refractivity contribution in [1.29, 1.82) is 0 Å². The smallest absolute Gasteiger partial charge is 0.245 e. The summed E-state index contributed by atoms with van der Waals surface area (Å²) < 4.78 is 33.1. The molecule has 4 aromatic heterocycles. The molecule has 15 heteroatoms. The summed E-state index contributed by atoms with van der Waals surface area (Å²) in [5.41, 5.74) is 5.50. The molecule has 0 aliphatic heterocycles. The van der Waals surface area contributed by atoms with Crippen LogP contribution in [0.15, 0.2) is 122 Å². The maximum Gasteiger partial charge on any atom is 0.245 e. The highest BCUT2D eigenvalue weighted by Crippen LogP contribution is 2.20. The fraction of sp³-hybridized carbons (Fsp3) is 0.0811. The molecule has 260 valence electrons. The van der Waals surface area contributed by atoms with Crippen molar-refractivity contribution >= 4 is 57.1 Å². The van der Waals surface area contributed by atoms with Gasteiger partial charge in [-0.2, -0.15) is 10.2 Å². The van der Waals surface area contributed by atoms with Crippen molar-refractivity contribution in [2.75, 3.05) is 10.6 Å². The number of benzene rings is 4. The highest BCUT2D eigenvalue weighted by Gasteiger charge is 2.12. The van der Waals surface area contributed by atoms with Gasteiger partial charge >= 0.3 is 0 Å². The topological polar surface area (TPSA) is 129 Å². The second-order valence-electron chi connectivity index (χ2n) is 11.7. The largest absolute Gasteiger partial charge is 0.321 e. The summed E-state index contributed by atoms with van der Waals surface area (Å²) in [7, 11) is 0. The average molecular weight is 719 g/mol. The molecule has 52 heavy (non-hydrogen) atoms. The monoisotopic (exact) mass is 718 g/mol. The van der Waals surface area contributed by atoms with Crippen LogP contribution in [0.4, 0.5) is 20.4 Å². The van der Waals surface area contributed by atoms with Crippen LogP contribution in [0.3, 0.4) is 0 Å². The molecular weight excluding hydrogens is 690 g/mol. The molecule has 0 radical (unpaired) electrons. The Morgan fingerprint density at radius 2 is 1.15 bits per heavy atom. The molecule has 8 aromatic rings. The van der Waals surface area contributed by atoms with E-state index in [0.717, 1.165) is 51.5 Å². The molecule has 0 aliphatic rings. The number of halogens is 3. The fourth-order valence-corrected chi connectivity index (χ4v) is 5.59. The SMILES string of the molecule is Cc1ccc(-n2ccc(NC(=O)Cn3cnc4ccccc43)n2)cc1Cl.O=C(Cn1cnc2ccccc21)Nc1ccn(-c2cc(F)cc(F)c2)n1. The molecule has 0 bridgehead atoms. The van der Waals surface area contributed by atoms with E-state index in [4.69, 9.17) is 11.6 Å². The Bertz CT molecular complexity index is 2530. The Labute approximate surface area is 299 Å². The number of fused-ring (bicyclic) bond motifs is 2. The number of carbonyl (C=O) groups excluding carboxylic acids is 2. The number of aromatic nitrogens is 8. The van der Waals surface area contributed by atoms with E-state index in [1.807, 2.05) is 73.7 Å². The molecule has 0 atom stereocenters. The quantitative estimate of drug-likeness (QED) is 0.175. The summed E-state index contributed by atoms with van der Waals surface area (Å²) in [5.74, 6) is -1.09. The van der Waals surface area contributed by atoms with E-state index in [-0.39, 0.29) is 36.4 Å². The summed E-state index contributed by atoms with van der Waals surface area (Å²) in [6, 6.07) is 27.3. The number of hydrogen-bond acceptors (Lipinski definition) is 6. The van der Waals surface area contributed by atoms with Crippen molar-refractivity contribution in [1.82, 2.24) is 38.7 Å². The van der Waals surface area contributed by atoms with Crippen LogP contribution < -0.4 is 10.6 Å². The van der Waals surface area contributed by atoms with Crippen LogP contribution in [0, 0.1) is 18.6 Å². The van der Waals surface area contributed by atoms with Gasteiger partial charge in [-0.25, -0.2) is 28.1 Å². The average Bonchev–Trinajstić information content (AvgIpc) is 3.94. The molecule has 4 aromatic carbocycles. The second kappa shape index (κ2) is 14.7. The van der Waals surface area contributed by atoms with Gasteiger partial charge in [0.05, 0.1) is 46.1 Å². The van der Waals surface area contributed by atoms with Gasteiger partial charge in [-0.1, -0.05) is 41.9 Å². The summed E-state index contributed by atoms with van der Waals surface area (Å²) in [5, 5.41) is 14.6. The van der Waals surface area contributed by atoms with E-state index in [2.05, 4.69) is 30.8 Å². The maximum atomic E-state index is 13.3. The van der Waals surface area contributed by atoms with E-state index in [1.165, 1.54) is 10.9 Å². The number of para-hydroxylation sites is 4. The molecule has 8 rings (SSSR count). The summed E-state index contributed by atoms with van der Waals surface area (Å²) in [6.07, 6.45) is 6.55. The lowest BCUT2D eigenvalue weighted by molar-refractivity contribution is -0.117. The number of hydrogen-bond donors (Lipinski definition) is 2. The zero-order valence-corrected chi connectivity index (χ0v) is 28.2. The molecule has 0 aliphatic carbocycles. The lowest BCUT2D eigenvalue weighted by atomic mass is 10.2. The highest BCUT2D eigenvalue weighted by atomic mass is 35.5. The van der Waals surface area contributed by atoms with E-state index >= 15 is 0 Å². The fourth-order valence-electron chi connectivity index (χ4n) is 5.41. The molecule has 0 saturated heterocycles. The second-order valence-corrected chi connectivity index (χ2v) is 12.1. The standard InChI is InChI=1S/C19H16ClN5O.C18H13F2N5O/c1-13-6-7-14(10-15(13)20)25-9-8-18(23-25)22-19(26)11-24-12-21-16-4-2-3-5-17(16)24;19-12-7-13(20)9-14(8-12)25-6-5-17(23-25)22-18(26)10-24-11-21-15-3-1-2-4-16(15)24/h2-10,12H,11H2,1H3,(H,22,23,26);1-9,11H,10H2,(H,22,23,26). The Morgan fingerprint density at radius 3 is 1.67 bits per heavy atom. The van der Waals surface area contributed by atoms with Crippen LogP contribution in [0.1, 0.15) is 5.56 Å². The first-order valence-electron chi connectivity index (χ1n) is 15.9. The molecule has 4 heterocycles. The Kier molecular flexibility index (Phi) is 9.54. The number of nitrogens with zero attached hydrogens (tertiary/aromatic N) is 8. The van der Waals surface area contributed by atoms with Gasteiger partial charge in [0.2, 0.25) is 11.8 Å². The van der Waals surface area contributed by atoms with Gasteiger partial charge in [0, 0.05) is 35.6 Å². The predicted octanol–water partition coefficient (Wildman–Crippen LogP) is 6.96. The van der Waals surface area contributed by atoms with Crippen LogP contribution in [0.5, 0.6) is 0 Å². The van der Waals surface area contributed by atoms with Crippen LogP contribution >= 0.6 is 11.6 Å². The maximum absolute atomic E-state index is 13.3. The summed E-state index contributed by atoms with van der Waals surface area (Å²) in [6.45, 7) is 2.19. The third-order valence-electron chi connectivity index (χ3n) is 7.93. The number of imidazole rings is 2. The third kappa shape index (κ3) is 7.71. The molecule has 12 nitrogen and oxygen atoms in total. The Morgan fingerprint density at radius 1 is 0.654 bits per heavy atom. The summed E-state index contributed by atoms with van der Waals surface area (Å²) in [4.78, 5) is 33.1. The van der Waals surface area contributed by atoms with Crippen molar-refractivity contribution in [2.45, 2.75) is 20.0 Å². The third-order valence-corrected chi connectivity index (χ3v) is 8.33. The molecule has 2 N–H and O–H groups in total. The molecule has 0 unspecified atom stereocenters. The van der Waals surface area contributed by atoms with Gasteiger partial charge in [-0.05, 0) is 61.0 Å². The molecule has 2 amide bonds. The van der Waals surface area contributed by atoms with Gasteiger partial charge in [0.25, 0.3) is 0 Å². The van der Waals surface area contributed by atoms with Crippen LogP contribution in [0.2, 0.25) is 5.02 Å². The number of aryl methyl sites for hydroxylation is 1. The van der Waals surface area contributed by atoms with Crippen molar-refractivity contribution in [3.63, 3.8) is 0 Å².